The van der Waals surface area contributed by atoms with Crippen molar-refractivity contribution in [1.29, 1.82) is 0 Å². The number of nitrogens with one attached hydrogen (secondary N) is 1. The highest BCUT2D eigenvalue weighted by Gasteiger charge is 2.14. The number of rotatable bonds is 4. The lowest BCUT2D eigenvalue weighted by atomic mass is 10.1. The molecule has 0 spiro atoms. The van der Waals surface area contributed by atoms with E-state index >= 15 is 0 Å². The number of fused-ring (bicyclic) bond motifs is 1. The molecule has 1 unspecified atom stereocenters. The third-order valence-corrected chi connectivity index (χ3v) is 5.53. The van der Waals surface area contributed by atoms with Gasteiger partial charge in [0.15, 0.2) is 0 Å². The summed E-state index contributed by atoms with van der Waals surface area (Å²) in [5, 5.41) is 1.12. The predicted molar refractivity (Wildman–Crippen MR) is 112 cm³/mol. The van der Waals surface area contributed by atoms with Gasteiger partial charge in [-0.25, -0.2) is 0 Å². The zero-order valence-electron chi connectivity index (χ0n) is 16.9. The average Bonchev–Trinajstić information content (AvgIpc) is 3.24. The zero-order valence-corrected chi connectivity index (χ0v) is 16.9. The second-order valence-corrected chi connectivity index (χ2v) is 7.74. The number of benzene rings is 1. The summed E-state index contributed by atoms with van der Waals surface area (Å²) in [5.41, 5.74) is 3.12. The van der Waals surface area contributed by atoms with E-state index in [1.165, 1.54) is 5.56 Å². The third kappa shape index (κ3) is 5.50. The molecule has 28 heavy (non-hydrogen) atoms. The molecule has 1 aromatic carbocycles. The molecule has 2 saturated heterocycles. The lowest BCUT2D eigenvalue weighted by Crippen LogP contribution is -2.43. The Morgan fingerprint density at radius 3 is 2.61 bits per heavy atom. The lowest BCUT2D eigenvalue weighted by Gasteiger charge is -2.32. The largest absolute Gasteiger partial charge is 0.381 e. The van der Waals surface area contributed by atoms with E-state index in [-0.39, 0.29) is 11.5 Å². The first-order chi connectivity index (χ1) is 13.6. The summed E-state index contributed by atoms with van der Waals surface area (Å²) >= 11 is 0. The standard InChI is InChI=1S/C17H23N3O.C5H8O2/c1-3-14-11-15-5-4-13(10-16(15)18-17(14)21)12-20-8-6-19(2)7-9-20;6-3-5-1-2-7-4-5/h4-5,10-11H,3,6-9,12H2,1-2H3,(H,18,21);3,5H,1-2,4H2. The van der Waals surface area contributed by atoms with Crippen LogP contribution in [0, 0.1) is 5.92 Å². The van der Waals surface area contributed by atoms with Gasteiger partial charge in [-0.05, 0) is 43.0 Å². The third-order valence-electron chi connectivity index (χ3n) is 5.53. The Labute approximate surface area is 166 Å². The normalized spacial score (nSPS) is 20.7. The van der Waals surface area contributed by atoms with Crippen molar-refractivity contribution in [2.75, 3.05) is 46.4 Å². The molecule has 152 valence electrons. The quantitative estimate of drug-likeness (QED) is 0.816. The molecule has 2 aliphatic heterocycles. The number of aldehydes is 1. The highest BCUT2D eigenvalue weighted by molar-refractivity contribution is 5.79. The molecule has 0 bridgehead atoms. The van der Waals surface area contributed by atoms with Crippen LogP contribution in [-0.4, -0.2) is 67.5 Å². The number of likely N-dealkylation sites (N-methyl/N-ethyl adjacent to an activating group) is 1. The highest BCUT2D eigenvalue weighted by atomic mass is 16.5. The summed E-state index contributed by atoms with van der Waals surface area (Å²) in [5.74, 6) is 0.194. The minimum atomic E-state index is 0.0433. The summed E-state index contributed by atoms with van der Waals surface area (Å²) in [6.07, 6.45) is 2.66. The van der Waals surface area contributed by atoms with Gasteiger partial charge in [0.05, 0.1) is 6.61 Å². The molecule has 1 atom stereocenters. The summed E-state index contributed by atoms with van der Waals surface area (Å²) < 4.78 is 4.92. The molecule has 0 saturated carbocycles. The Morgan fingerprint density at radius 2 is 2.00 bits per heavy atom. The van der Waals surface area contributed by atoms with Crippen LogP contribution >= 0.6 is 0 Å². The number of nitrogens with zero attached hydrogens (tertiary/aromatic N) is 2. The first-order valence-corrected chi connectivity index (χ1v) is 10.2. The maximum Gasteiger partial charge on any atom is 0.251 e. The Kier molecular flexibility index (Phi) is 7.36. The number of H-pyrrole nitrogens is 1. The molecular formula is C22H31N3O3. The van der Waals surface area contributed by atoms with E-state index in [1.54, 1.807) is 0 Å². The molecule has 4 rings (SSSR count). The van der Waals surface area contributed by atoms with Crippen LogP contribution in [0.2, 0.25) is 0 Å². The van der Waals surface area contributed by atoms with E-state index in [0.717, 1.165) is 74.9 Å². The number of carbonyl (C=O) groups excluding carboxylic acids is 1. The maximum atomic E-state index is 11.9. The number of ether oxygens (including phenoxy) is 1. The monoisotopic (exact) mass is 385 g/mol. The van der Waals surface area contributed by atoms with Gasteiger partial charge in [0.25, 0.3) is 5.56 Å². The summed E-state index contributed by atoms with van der Waals surface area (Å²) in [4.78, 5) is 29.7. The summed E-state index contributed by atoms with van der Waals surface area (Å²) in [7, 11) is 2.17. The van der Waals surface area contributed by atoms with Gasteiger partial charge < -0.3 is 19.4 Å². The summed E-state index contributed by atoms with van der Waals surface area (Å²) in [6, 6.07) is 8.43. The van der Waals surface area contributed by atoms with Crippen molar-refractivity contribution in [3.8, 4) is 0 Å². The van der Waals surface area contributed by atoms with Gasteiger partial charge in [0.2, 0.25) is 0 Å². The molecular weight excluding hydrogens is 354 g/mol. The van der Waals surface area contributed by atoms with E-state index in [0.29, 0.717) is 6.61 Å². The molecule has 2 aliphatic rings. The van der Waals surface area contributed by atoms with E-state index < -0.39 is 0 Å². The molecule has 0 amide bonds. The van der Waals surface area contributed by atoms with E-state index in [4.69, 9.17) is 4.74 Å². The van der Waals surface area contributed by atoms with Crippen molar-refractivity contribution >= 4 is 17.2 Å². The van der Waals surface area contributed by atoms with Gasteiger partial charge in [0, 0.05) is 56.3 Å². The number of hydrogen-bond acceptors (Lipinski definition) is 5. The van der Waals surface area contributed by atoms with Crippen LogP contribution < -0.4 is 5.56 Å². The van der Waals surface area contributed by atoms with Crippen LogP contribution in [0.4, 0.5) is 0 Å². The molecule has 0 aliphatic carbocycles. The number of aryl methyl sites for hydroxylation is 1. The molecule has 2 aromatic rings. The average molecular weight is 386 g/mol. The van der Waals surface area contributed by atoms with E-state index in [9.17, 15) is 9.59 Å². The van der Waals surface area contributed by atoms with Gasteiger partial charge >= 0.3 is 0 Å². The fraction of sp³-hybridized carbons (Fsp3) is 0.545. The first-order valence-electron chi connectivity index (χ1n) is 10.2. The molecule has 1 aromatic heterocycles. The second kappa shape index (κ2) is 9.96. The van der Waals surface area contributed by atoms with Crippen LogP contribution in [0.25, 0.3) is 10.9 Å². The van der Waals surface area contributed by atoms with Crippen molar-refractivity contribution < 1.29 is 9.53 Å². The number of pyridine rings is 1. The maximum absolute atomic E-state index is 11.9. The summed E-state index contributed by atoms with van der Waals surface area (Å²) in [6.45, 7) is 8.86. The molecule has 2 fully saturated rings. The zero-order chi connectivity index (χ0) is 19.9. The van der Waals surface area contributed by atoms with E-state index in [1.807, 2.05) is 13.0 Å². The Hall–Kier alpha value is -2.02. The van der Waals surface area contributed by atoms with Crippen molar-refractivity contribution in [2.24, 2.45) is 5.92 Å². The fourth-order valence-corrected chi connectivity index (χ4v) is 3.58. The molecule has 3 heterocycles. The Balaban J connectivity index is 0.000000271. The van der Waals surface area contributed by atoms with Gasteiger partial charge in [-0.3, -0.25) is 9.69 Å². The van der Waals surface area contributed by atoms with Crippen molar-refractivity contribution in [1.82, 2.24) is 14.8 Å². The smallest absolute Gasteiger partial charge is 0.251 e. The Bertz CT molecular complexity index is 835. The van der Waals surface area contributed by atoms with Gasteiger partial charge in [-0.1, -0.05) is 19.1 Å². The molecule has 1 N–H and O–H groups in total. The van der Waals surface area contributed by atoms with Gasteiger partial charge in [-0.2, -0.15) is 0 Å². The second-order valence-electron chi connectivity index (χ2n) is 7.74. The number of piperazine rings is 1. The highest BCUT2D eigenvalue weighted by Crippen LogP contribution is 2.16. The van der Waals surface area contributed by atoms with Crippen LogP contribution in [-0.2, 0) is 22.5 Å². The number of aromatic amines is 1. The van der Waals surface area contributed by atoms with Crippen LogP contribution in [0.1, 0.15) is 24.5 Å². The van der Waals surface area contributed by atoms with E-state index in [2.05, 4.69) is 40.0 Å². The van der Waals surface area contributed by atoms with Crippen molar-refractivity contribution in [3.05, 3.63) is 45.7 Å². The van der Waals surface area contributed by atoms with Gasteiger partial charge in [0.1, 0.15) is 6.29 Å². The predicted octanol–water partition coefficient (Wildman–Crippen LogP) is 2.06. The lowest BCUT2D eigenvalue weighted by molar-refractivity contribution is -0.111. The van der Waals surface area contributed by atoms with Crippen molar-refractivity contribution in [2.45, 2.75) is 26.3 Å². The SMILES string of the molecule is CCc1cc2ccc(CN3CCN(C)CC3)cc2[nH]c1=O.O=CC1CCOC1. The Morgan fingerprint density at radius 1 is 1.21 bits per heavy atom. The van der Waals surface area contributed by atoms with Crippen LogP contribution in [0.5, 0.6) is 0 Å². The molecule has 6 nitrogen and oxygen atoms in total. The fourth-order valence-electron chi connectivity index (χ4n) is 3.58. The number of hydrogen-bond donors (Lipinski definition) is 1. The molecule has 6 heteroatoms. The minimum Gasteiger partial charge on any atom is -0.381 e. The number of aromatic nitrogens is 1. The van der Waals surface area contributed by atoms with Gasteiger partial charge in [-0.15, -0.1) is 0 Å². The number of carbonyl (C=O) groups is 1. The van der Waals surface area contributed by atoms with Crippen LogP contribution in [0.3, 0.4) is 0 Å². The van der Waals surface area contributed by atoms with Crippen LogP contribution in [0.15, 0.2) is 29.1 Å². The molecule has 0 radical (unpaired) electrons. The first kappa shape index (κ1) is 20.7. The van der Waals surface area contributed by atoms with Crippen molar-refractivity contribution in [3.63, 3.8) is 0 Å². The minimum absolute atomic E-state index is 0.0433. The topological polar surface area (TPSA) is 65.6 Å².